The summed E-state index contributed by atoms with van der Waals surface area (Å²) >= 11 is 0. The number of hydrogen-bond donors (Lipinski definition) is 0. The van der Waals surface area contributed by atoms with Gasteiger partial charge in [0.2, 0.25) is 0 Å². The molecule has 0 saturated heterocycles. The number of esters is 2. The summed E-state index contributed by atoms with van der Waals surface area (Å²) in [5, 5.41) is 0. The molecule has 0 atom stereocenters. The first-order valence-corrected chi connectivity index (χ1v) is 10.3. The zero-order valence-corrected chi connectivity index (χ0v) is 17.3. The molecular weight excluding hydrogens is 330 g/mol. The Labute approximate surface area is 160 Å². The molecule has 0 aromatic carbocycles. The lowest BCUT2D eigenvalue weighted by Gasteiger charge is -2.15. The van der Waals surface area contributed by atoms with Crippen LogP contribution in [0.5, 0.6) is 0 Å². The molecule has 0 aliphatic heterocycles. The Bertz CT molecular complexity index is 405. The van der Waals surface area contributed by atoms with Crippen LogP contribution in [0.1, 0.15) is 84.5 Å². The van der Waals surface area contributed by atoms with Crippen molar-refractivity contribution in [3.63, 3.8) is 0 Å². The second-order valence-electron chi connectivity index (χ2n) is 6.91. The molecule has 0 aliphatic rings. The molecule has 5 nitrogen and oxygen atoms in total. The van der Waals surface area contributed by atoms with Gasteiger partial charge in [-0.3, -0.25) is 0 Å². The van der Waals surface area contributed by atoms with Gasteiger partial charge in [0.05, 0.1) is 19.3 Å². The Kier molecular flexibility index (Phi) is 15.9. The van der Waals surface area contributed by atoms with E-state index in [1.165, 1.54) is 57.4 Å². The Balaban J connectivity index is 3.87. The average molecular weight is 370 g/mol. The van der Waals surface area contributed by atoms with E-state index in [1.807, 2.05) is 6.92 Å². The molecular formula is C21H39NO4. The minimum Gasteiger partial charge on any atom is -0.462 e. The Morgan fingerprint density at radius 2 is 1.27 bits per heavy atom. The number of carbonyl (C=O) groups excluding carboxylic acids is 2. The van der Waals surface area contributed by atoms with Crippen LogP contribution >= 0.6 is 0 Å². The van der Waals surface area contributed by atoms with Crippen molar-refractivity contribution in [3.05, 3.63) is 11.8 Å². The topological polar surface area (TPSA) is 55.8 Å². The van der Waals surface area contributed by atoms with Crippen LogP contribution in [0, 0.1) is 0 Å². The molecule has 26 heavy (non-hydrogen) atoms. The molecule has 0 bridgehead atoms. The first kappa shape index (κ1) is 24.5. The minimum absolute atomic E-state index is 0.221. The van der Waals surface area contributed by atoms with Crippen molar-refractivity contribution in [2.45, 2.75) is 84.5 Å². The quantitative estimate of drug-likeness (QED) is 0.221. The fourth-order valence-corrected chi connectivity index (χ4v) is 2.55. The number of unbranched alkanes of at least 4 members (excludes halogenated alkanes) is 9. The Morgan fingerprint density at radius 1 is 0.731 bits per heavy atom. The molecule has 0 heterocycles. The smallest absolute Gasteiger partial charge is 0.354 e. The van der Waals surface area contributed by atoms with Crippen molar-refractivity contribution in [1.82, 2.24) is 4.90 Å². The third-order valence-electron chi connectivity index (χ3n) is 4.13. The van der Waals surface area contributed by atoms with Crippen molar-refractivity contribution < 1.29 is 19.1 Å². The van der Waals surface area contributed by atoms with E-state index in [0.717, 1.165) is 19.3 Å². The average Bonchev–Trinajstić information content (AvgIpc) is 2.61. The van der Waals surface area contributed by atoms with E-state index < -0.39 is 11.9 Å². The highest BCUT2D eigenvalue weighted by Crippen LogP contribution is 2.11. The zero-order valence-electron chi connectivity index (χ0n) is 17.3. The summed E-state index contributed by atoms with van der Waals surface area (Å²) in [6.45, 7) is 4.90. The van der Waals surface area contributed by atoms with Gasteiger partial charge in [-0.15, -0.1) is 0 Å². The number of hydrogen-bond acceptors (Lipinski definition) is 5. The molecule has 0 aromatic rings. The van der Waals surface area contributed by atoms with Crippen LogP contribution in [-0.4, -0.2) is 44.1 Å². The summed E-state index contributed by atoms with van der Waals surface area (Å²) in [4.78, 5) is 25.3. The third kappa shape index (κ3) is 13.7. The van der Waals surface area contributed by atoms with Gasteiger partial charge in [0.25, 0.3) is 0 Å². The van der Waals surface area contributed by atoms with E-state index in [2.05, 4.69) is 6.92 Å². The molecule has 152 valence electrons. The van der Waals surface area contributed by atoms with E-state index in [4.69, 9.17) is 9.47 Å². The van der Waals surface area contributed by atoms with Crippen molar-refractivity contribution in [2.75, 3.05) is 27.3 Å². The lowest BCUT2D eigenvalue weighted by Crippen LogP contribution is -2.23. The molecule has 0 aliphatic carbocycles. The van der Waals surface area contributed by atoms with Gasteiger partial charge < -0.3 is 14.4 Å². The first-order chi connectivity index (χ1) is 12.5. The second kappa shape index (κ2) is 16.9. The van der Waals surface area contributed by atoms with Gasteiger partial charge in [-0.05, 0) is 12.8 Å². The molecule has 0 N–H and O–H groups in total. The molecule has 5 heteroatoms. The lowest BCUT2D eigenvalue weighted by molar-refractivity contribution is -0.142. The van der Waals surface area contributed by atoms with E-state index in [-0.39, 0.29) is 5.70 Å². The highest BCUT2D eigenvalue weighted by atomic mass is 16.5. The number of ether oxygens (including phenoxy) is 2. The van der Waals surface area contributed by atoms with E-state index in [9.17, 15) is 9.59 Å². The predicted molar refractivity (Wildman–Crippen MR) is 106 cm³/mol. The number of carbonyl (C=O) groups is 2. The summed E-state index contributed by atoms with van der Waals surface area (Å²) in [5.41, 5.74) is 0.221. The summed E-state index contributed by atoms with van der Waals surface area (Å²) in [7, 11) is 3.42. The van der Waals surface area contributed by atoms with Crippen LogP contribution in [-0.2, 0) is 19.1 Å². The first-order valence-electron chi connectivity index (χ1n) is 10.3. The molecule has 0 amide bonds. The van der Waals surface area contributed by atoms with Crippen LogP contribution < -0.4 is 0 Å². The summed E-state index contributed by atoms with van der Waals surface area (Å²) < 4.78 is 10.3. The van der Waals surface area contributed by atoms with Gasteiger partial charge in [0.15, 0.2) is 0 Å². The molecule has 0 saturated carbocycles. The van der Waals surface area contributed by atoms with E-state index >= 15 is 0 Å². The Hall–Kier alpha value is -1.52. The van der Waals surface area contributed by atoms with Crippen LogP contribution in [0.2, 0.25) is 0 Å². The highest BCUT2D eigenvalue weighted by molar-refractivity contribution is 5.95. The van der Waals surface area contributed by atoms with Crippen molar-refractivity contribution in [1.29, 1.82) is 0 Å². The van der Waals surface area contributed by atoms with E-state index in [0.29, 0.717) is 13.2 Å². The van der Waals surface area contributed by atoms with Crippen LogP contribution in [0.15, 0.2) is 11.8 Å². The largest absolute Gasteiger partial charge is 0.462 e. The second-order valence-corrected chi connectivity index (χ2v) is 6.91. The van der Waals surface area contributed by atoms with Crippen molar-refractivity contribution in [3.8, 4) is 0 Å². The van der Waals surface area contributed by atoms with E-state index in [1.54, 1.807) is 19.0 Å². The predicted octanol–water partition coefficient (Wildman–Crippen LogP) is 4.85. The molecule has 0 spiro atoms. The standard InChI is InChI=1S/C21H39NO4/c1-5-7-8-9-10-11-12-13-14-15-17-26-21(24)19(22(3)4)18-20(23)25-16-6-2/h18H,5-17H2,1-4H3/b19-18+. The van der Waals surface area contributed by atoms with Crippen molar-refractivity contribution in [2.24, 2.45) is 0 Å². The fourth-order valence-electron chi connectivity index (χ4n) is 2.55. The van der Waals surface area contributed by atoms with Gasteiger partial charge in [-0.1, -0.05) is 71.6 Å². The number of nitrogens with zero attached hydrogens (tertiary/aromatic N) is 1. The highest BCUT2D eigenvalue weighted by Gasteiger charge is 2.15. The maximum absolute atomic E-state index is 12.1. The Morgan fingerprint density at radius 3 is 1.77 bits per heavy atom. The molecule has 0 radical (unpaired) electrons. The van der Waals surface area contributed by atoms with Gasteiger partial charge in [-0.25, -0.2) is 9.59 Å². The number of rotatable bonds is 16. The SMILES string of the molecule is CCCCCCCCCCCCOC(=O)/C(=C\C(=O)OCCC)N(C)C. The normalized spacial score (nSPS) is 11.3. The lowest BCUT2D eigenvalue weighted by atomic mass is 10.1. The fraction of sp³-hybridized carbons (Fsp3) is 0.810. The van der Waals surface area contributed by atoms with Crippen LogP contribution in [0.25, 0.3) is 0 Å². The molecule has 0 fully saturated rings. The molecule has 0 unspecified atom stereocenters. The monoisotopic (exact) mass is 369 g/mol. The van der Waals surface area contributed by atoms with Gasteiger partial charge in [-0.2, -0.15) is 0 Å². The number of likely N-dealkylation sites (N-methyl/N-ethyl adjacent to an activating group) is 1. The van der Waals surface area contributed by atoms with Crippen molar-refractivity contribution >= 4 is 11.9 Å². The molecule has 0 aromatic heterocycles. The van der Waals surface area contributed by atoms with Gasteiger partial charge in [0.1, 0.15) is 5.70 Å². The third-order valence-corrected chi connectivity index (χ3v) is 4.13. The molecule has 0 rings (SSSR count). The zero-order chi connectivity index (χ0) is 19.6. The van der Waals surface area contributed by atoms with Crippen LogP contribution in [0.4, 0.5) is 0 Å². The van der Waals surface area contributed by atoms with Gasteiger partial charge in [0, 0.05) is 14.1 Å². The van der Waals surface area contributed by atoms with Crippen LogP contribution in [0.3, 0.4) is 0 Å². The minimum atomic E-state index is -0.508. The summed E-state index contributed by atoms with van der Waals surface area (Å²) in [5.74, 6) is -0.981. The maximum atomic E-state index is 12.1. The van der Waals surface area contributed by atoms with Gasteiger partial charge >= 0.3 is 11.9 Å². The summed E-state index contributed by atoms with van der Waals surface area (Å²) in [6.07, 6.45) is 14.3. The summed E-state index contributed by atoms with van der Waals surface area (Å²) in [6, 6.07) is 0. The maximum Gasteiger partial charge on any atom is 0.354 e.